The number of benzene rings is 2. The van der Waals surface area contributed by atoms with Gasteiger partial charge in [0.2, 0.25) is 19.6 Å². The van der Waals surface area contributed by atoms with Gasteiger partial charge in [0, 0.05) is 19.0 Å². The Morgan fingerprint density at radius 1 is 0.886 bits per heavy atom. The smallest absolute Gasteiger partial charge is 0.408 e. The highest BCUT2D eigenvalue weighted by molar-refractivity contribution is 7.59. The second kappa shape index (κ2) is 15.9. The molecule has 3 N–H and O–H groups in total. The van der Waals surface area contributed by atoms with Crippen molar-refractivity contribution in [2.45, 2.75) is 85.5 Å². The second-order valence-corrected chi connectivity index (χ2v) is 14.9. The summed E-state index contributed by atoms with van der Waals surface area (Å²) in [6.45, 7) is 12.4. The molecule has 2 amide bonds. The highest BCUT2D eigenvalue weighted by atomic mass is 31.2. The fraction of sp³-hybridized carbons (Fsp3) is 0.500. The molecule has 0 radical (unpaired) electrons. The van der Waals surface area contributed by atoms with Crippen molar-refractivity contribution >= 4 is 31.3 Å². The first kappa shape index (κ1) is 36.5. The van der Waals surface area contributed by atoms with E-state index in [-0.39, 0.29) is 6.42 Å². The lowest BCUT2D eigenvalue weighted by molar-refractivity contribution is -0.166. The van der Waals surface area contributed by atoms with Crippen LogP contribution in [-0.2, 0) is 39.4 Å². The summed E-state index contributed by atoms with van der Waals surface area (Å²) >= 11 is 0. The Labute approximate surface area is 259 Å². The van der Waals surface area contributed by atoms with E-state index in [1.54, 1.807) is 34.6 Å². The van der Waals surface area contributed by atoms with Crippen LogP contribution in [-0.4, -0.2) is 58.9 Å². The number of carboxylic acid groups (broad SMARTS) is 1. The summed E-state index contributed by atoms with van der Waals surface area (Å²) in [6, 6.07) is 16.0. The minimum Gasteiger partial charge on any atom is -0.480 e. The van der Waals surface area contributed by atoms with Crippen LogP contribution in [0.2, 0.25) is 0 Å². The average Bonchev–Trinajstić information content (AvgIpc) is 2.91. The number of ether oxygens (including phenoxy) is 2. The van der Waals surface area contributed by atoms with Gasteiger partial charge in [0.05, 0.1) is 5.92 Å². The zero-order valence-electron chi connectivity index (χ0n) is 26.7. The molecular formula is C32H45N2O9P. The maximum Gasteiger partial charge on any atom is 0.408 e. The molecule has 44 heavy (non-hydrogen) atoms. The summed E-state index contributed by atoms with van der Waals surface area (Å²) in [5.41, 5.74) is 1.86. The molecule has 0 aromatic heterocycles. The monoisotopic (exact) mass is 632 g/mol. The van der Waals surface area contributed by atoms with Crippen molar-refractivity contribution in [3.63, 3.8) is 0 Å². The summed E-state index contributed by atoms with van der Waals surface area (Å²) in [7, 11) is -4.06. The van der Waals surface area contributed by atoms with Crippen molar-refractivity contribution in [2.75, 3.05) is 6.16 Å². The average molecular weight is 633 g/mol. The van der Waals surface area contributed by atoms with Gasteiger partial charge in [-0.25, -0.2) is 4.79 Å². The molecule has 0 fully saturated rings. The summed E-state index contributed by atoms with van der Waals surface area (Å²) in [6.07, 6.45) is -2.40. The molecule has 2 rings (SSSR count). The van der Waals surface area contributed by atoms with Crippen molar-refractivity contribution in [3.8, 4) is 11.1 Å². The molecule has 0 saturated carbocycles. The van der Waals surface area contributed by atoms with Crippen molar-refractivity contribution in [1.82, 2.24) is 10.6 Å². The molecule has 0 aliphatic carbocycles. The first-order chi connectivity index (χ1) is 20.4. The fourth-order valence-electron chi connectivity index (χ4n) is 4.18. The molecular weight excluding hydrogens is 587 g/mol. The number of carboxylic acids is 1. The van der Waals surface area contributed by atoms with E-state index in [9.17, 15) is 28.8 Å². The molecule has 11 nitrogen and oxygen atoms in total. The summed E-state index contributed by atoms with van der Waals surface area (Å²) in [4.78, 5) is 49.5. The molecule has 12 heteroatoms. The molecule has 242 valence electrons. The highest BCUT2D eigenvalue weighted by Gasteiger charge is 2.41. The molecule has 0 spiro atoms. The van der Waals surface area contributed by atoms with Gasteiger partial charge in [0.25, 0.3) is 0 Å². The van der Waals surface area contributed by atoms with Crippen molar-refractivity contribution in [2.24, 2.45) is 11.8 Å². The number of rotatable bonds is 14. The quantitative estimate of drug-likeness (QED) is 0.133. The van der Waals surface area contributed by atoms with Gasteiger partial charge in [-0.05, 0) is 57.7 Å². The van der Waals surface area contributed by atoms with Gasteiger partial charge in [-0.15, -0.1) is 0 Å². The molecule has 5 atom stereocenters. The van der Waals surface area contributed by atoms with Crippen molar-refractivity contribution < 1.29 is 42.8 Å². The summed E-state index contributed by atoms with van der Waals surface area (Å²) < 4.78 is 31.3. The number of esters is 1. The third-order valence-electron chi connectivity index (χ3n) is 6.54. The normalized spacial score (nSPS) is 15.7. The van der Waals surface area contributed by atoms with E-state index >= 15 is 0 Å². The predicted octanol–water partition coefficient (Wildman–Crippen LogP) is 5.81. The lowest BCUT2D eigenvalue weighted by atomic mass is 9.97. The Morgan fingerprint density at radius 2 is 1.45 bits per heavy atom. The van der Waals surface area contributed by atoms with E-state index in [4.69, 9.17) is 14.0 Å². The fourth-order valence-corrected chi connectivity index (χ4v) is 6.61. The predicted molar refractivity (Wildman–Crippen MR) is 167 cm³/mol. The highest BCUT2D eigenvalue weighted by Crippen LogP contribution is 2.54. The molecule has 0 aliphatic heterocycles. The maximum absolute atomic E-state index is 14.7. The Morgan fingerprint density at radius 3 is 1.95 bits per heavy atom. The Kier molecular flexibility index (Phi) is 13.2. The summed E-state index contributed by atoms with van der Waals surface area (Å²) in [5, 5.41) is 14.4. The number of alkyl carbamates (subject to hydrolysis) is 1. The molecule has 0 bridgehead atoms. The van der Waals surface area contributed by atoms with Crippen LogP contribution in [0.3, 0.4) is 0 Å². The van der Waals surface area contributed by atoms with E-state index < -0.39 is 73.0 Å². The van der Waals surface area contributed by atoms with Gasteiger partial charge in [0.15, 0.2) is 0 Å². The van der Waals surface area contributed by atoms with Crippen molar-refractivity contribution in [3.05, 3.63) is 60.2 Å². The van der Waals surface area contributed by atoms with Crippen LogP contribution in [0.4, 0.5) is 4.79 Å². The third kappa shape index (κ3) is 11.8. The Hall–Kier alpha value is -3.69. The molecule has 0 saturated heterocycles. The zero-order chi connectivity index (χ0) is 33.2. The number of hydrogen-bond donors (Lipinski definition) is 3. The van der Waals surface area contributed by atoms with E-state index in [1.807, 2.05) is 54.6 Å². The van der Waals surface area contributed by atoms with Crippen LogP contribution < -0.4 is 10.6 Å². The number of carbonyl (C=O) groups is 4. The van der Waals surface area contributed by atoms with Crippen LogP contribution in [0.15, 0.2) is 54.6 Å². The maximum atomic E-state index is 14.7. The van der Waals surface area contributed by atoms with Crippen LogP contribution in [0.25, 0.3) is 11.1 Å². The number of aliphatic carboxylic acids is 1. The Bertz CT molecular complexity index is 1320. The van der Waals surface area contributed by atoms with Gasteiger partial charge in [-0.3, -0.25) is 23.5 Å². The van der Waals surface area contributed by atoms with Gasteiger partial charge in [0.1, 0.15) is 17.4 Å². The SMILES string of the molecule is CC(=O)O[C@@H](OP(=O)(CC(Cc1ccc(-c2ccccc2)cc1)C(=O)NC(C)C(=O)O)[C@H](C)NC(=O)OC(C)(C)C)C(C)C. The number of carbonyl (C=O) groups excluding carboxylic acids is 3. The zero-order valence-corrected chi connectivity index (χ0v) is 27.6. The van der Waals surface area contributed by atoms with E-state index in [1.165, 1.54) is 20.8 Å². The van der Waals surface area contributed by atoms with Crippen LogP contribution in [0.5, 0.6) is 0 Å². The Balaban J connectivity index is 2.49. The molecule has 0 heterocycles. The number of amides is 2. The molecule has 0 aliphatic rings. The van der Waals surface area contributed by atoms with E-state index in [2.05, 4.69) is 10.6 Å². The van der Waals surface area contributed by atoms with Crippen LogP contribution in [0.1, 0.15) is 61.0 Å². The molecule has 3 unspecified atom stereocenters. The van der Waals surface area contributed by atoms with E-state index in [0.717, 1.165) is 16.7 Å². The van der Waals surface area contributed by atoms with Gasteiger partial charge in [-0.1, -0.05) is 68.4 Å². The van der Waals surface area contributed by atoms with Gasteiger partial charge < -0.3 is 25.2 Å². The lowest BCUT2D eigenvalue weighted by Crippen LogP contribution is -2.45. The van der Waals surface area contributed by atoms with Gasteiger partial charge in [-0.2, -0.15) is 0 Å². The van der Waals surface area contributed by atoms with Crippen LogP contribution in [0, 0.1) is 11.8 Å². The number of hydrogen-bond acceptors (Lipinski definition) is 8. The minimum atomic E-state index is -4.06. The van der Waals surface area contributed by atoms with E-state index in [0.29, 0.717) is 0 Å². The first-order valence-corrected chi connectivity index (χ1v) is 16.4. The molecule has 2 aromatic rings. The van der Waals surface area contributed by atoms with Crippen molar-refractivity contribution in [1.29, 1.82) is 0 Å². The number of nitrogens with one attached hydrogen (secondary N) is 2. The standard InChI is InChI=1S/C32H45N2O9P/c1-20(2)30(41-23(5)35)43-44(40,22(4)34-31(39)42-32(6,7)8)19-27(28(36)33-21(3)29(37)38)18-24-14-16-26(17-15-24)25-12-10-9-11-13-25/h9-17,20-22,27,30H,18-19H2,1-8H3,(H,33,36)(H,34,39)(H,37,38)/t21?,22-,27?,30+,44?/m1/s1. The minimum absolute atomic E-state index is 0.0830. The molecule has 2 aromatic carbocycles. The second-order valence-electron chi connectivity index (χ2n) is 12.1. The van der Waals surface area contributed by atoms with Crippen LogP contribution >= 0.6 is 7.37 Å². The third-order valence-corrected chi connectivity index (χ3v) is 9.37. The lowest BCUT2D eigenvalue weighted by Gasteiger charge is -2.33. The first-order valence-electron chi connectivity index (χ1n) is 14.5. The summed E-state index contributed by atoms with van der Waals surface area (Å²) in [5.74, 6) is -5.19. The topological polar surface area (TPSA) is 157 Å². The largest absolute Gasteiger partial charge is 0.480 e. The van der Waals surface area contributed by atoms with Gasteiger partial charge >= 0.3 is 18.0 Å².